The van der Waals surface area contributed by atoms with Crippen molar-refractivity contribution in [2.45, 2.75) is 32.2 Å². The molecular formula is C20H28N4O3. The van der Waals surface area contributed by atoms with E-state index in [9.17, 15) is 14.4 Å². The standard InChI is InChI=1S/C20H28N4O3/c1-23(2)12-11-21-18(25)15-9-7-14(8-10-15)13-24-19(26)16-5-3-4-6-17(16)22-20(24)27/h3-6,14-15H,7-13H2,1-2H3,(H,21,25)(H,22,27). The summed E-state index contributed by atoms with van der Waals surface area (Å²) in [5.41, 5.74) is -0.0259. The van der Waals surface area contributed by atoms with Crippen LogP contribution in [0.25, 0.3) is 10.9 Å². The Bertz CT molecular complexity index is 907. The zero-order valence-electron chi connectivity index (χ0n) is 16.0. The molecule has 27 heavy (non-hydrogen) atoms. The molecule has 0 saturated heterocycles. The lowest BCUT2D eigenvalue weighted by Gasteiger charge is -2.28. The van der Waals surface area contributed by atoms with E-state index < -0.39 is 0 Å². The number of H-pyrrole nitrogens is 1. The number of para-hydroxylation sites is 1. The van der Waals surface area contributed by atoms with Crippen molar-refractivity contribution in [3.8, 4) is 0 Å². The third-order valence-corrected chi connectivity index (χ3v) is 5.41. The summed E-state index contributed by atoms with van der Waals surface area (Å²) in [6.07, 6.45) is 3.31. The lowest BCUT2D eigenvalue weighted by Crippen LogP contribution is -2.39. The van der Waals surface area contributed by atoms with E-state index >= 15 is 0 Å². The van der Waals surface area contributed by atoms with Crippen molar-refractivity contribution in [1.82, 2.24) is 19.8 Å². The first-order chi connectivity index (χ1) is 13.0. The molecule has 0 spiro atoms. The van der Waals surface area contributed by atoms with Crippen LogP contribution in [-0.2, 0) is 11.3 Å². The van der Waals surface area contributed by atoms with Gasteiger partial charge in [-0.15, -0.1) is 0 Å². The fraction of sp³-hybridized carbons (Fsp3) is 0.550. The molecule has 2 aromatic rings. The third kappa shape index (κ3) is 4.66. The summed E-state index contributed by atoms with van der Waals surface area (Å²) in [6, 6.07) is 7.07. The van der Waals surface area contributed by atoms with Crippen LogP contribution in [0.5, 0.6) is 0 Å². The molecule has 1 aromatic carbocycles. The minimum atomic E-state index is -0.359. The van der Waals surface area contributed by atoms with Crippen molar-refractivity contribution in [3.63, 3.8) is 0 Å². The van der Waals surface area contributed by atoms with Crippen molar-refractivity contribution in [2.24, 2.45) is 11.8 Å². The minimum Gasteiger partial charge on any atom is -0.355 e. The summed E-state index contributed by atoms with van der Waals surface area (Å²) in [7, 11) is 3.96. The summed E-state index contributed by atoms with van der Waals surface area (Å²) in [6.45, 7) is 1.90. The van der Waals surface area contributed by atoms with Crippen LogP contribution in [0.15, 0.2) is 33.9 Å². The third-order valence-electron chi connectivity index (χ3n) is 5.41. The van der Waals surface area contributed by atoms with Crippen LogP contribution < -0.4 is 16.6 Å². The quantitative estimate of drug-likeness (QED) is 0.797. The maximum absolute atomic E-state index is 12.6. The van der Waals surface area contributed by atoms with Gasteiger partial charge in [0.05, 0.1) is 10.9 Å². The first-order valence-corrected chi connectivity index (χ1v) is 9.60. The van der Waals surface area contributed by atoms with Gasteiger partial charge in [0.1, 0.15) is 0 Å². The topological polar surface area (TPSA) is 87.2 Å². The van der Waals surface area contributed by atoms with Crippen molar-refractivity contribution >= 4 is 16.8 Å². The second kappa shape index (κ2) is 8.52. The Kier molecular flexibility index (Phi) is 6.11. The molecule has 1 aliphatic carbocycles. The number of nitrogens with one attached hydrogen (secondary N) is 2. The largest absolute Gasteiger partial charge is 0.355 e. The number of nitrogens with zero attached hydrogens (tertiary/aromatic N) is 2. The maximum atomic E-state index is 12.6. The Labute approximate surface area is 158 Å². The van der Waals surface area contributed by atoms with Crippen molar-refractivity contribution in [2.75, 3.05) is 27.2 Å². The Morgan fingerprint density at radius 3 is 2.59 bits per heavy atom. The molecule has 0 aliphatic heterocycles. The number of hydrogen-bond donors (Lipinski definition) is 2. The molecule has 2 N–H and O–H groups in total. The number of rotatable bonds is 6. The molecule has 3 rings (SSSR count). The van der Waals surface area contributed by atoms with E-state index in [4.69, 9.17) is 0 Å². The van der Waals surface area contributed by atoms with Gasteiger partial charge < -0.3 is 15.2 Å². The van der Waals surface area contributed by atoms with Gasteiger partial charge in [0.15, 0.2) is 0 Å². The molecule has 1 heterocycles. The van der Waals surface area contributed by atoms with Crippen LogP contribution in [0.2, 0.25) is 0 Å². The smallest absolute Gasteiger partial charge is 0.328 e. The molecule has 1 aromatic heterocycles. The average Bonchev–Trinajstić information content (AvgIpc) is 2.65. The van der Waals surface area contributed by atoms with Crippen molar-refractivity contribution in [3.05, 3.63) is 45.1 Å². The van der Waals surface area contributed by atoms with Crippen molar-refractivity contribution < 1.29 is 4.79 Å². The number of carbonyl (C=O) groups excluding carboxylic acids is 1. The summed E-state index contributed by atoms with van der Waals surface area (Å²) in [5.74, 6) is 0.404. The molecule has 0 bridgehead atoms. The fourth-order valence-electron chi connectivity index (χ4n) is 3.78. The van der Waals surface area contributed by atoms with Gasteiger partial charge in [-0.05, 0) is 57.8 Å². The molecule has 0 radical (unpaired) electrons. The van der Waals surface area contributed by atoms with Gasteiger partial charge >= 0.3 is 5.69 Å². The zero-order valence-corrected chi connectivity index (χ0v) is 16.0. The van der Waals surface area contributed by atoms with Crippen LogP contribution in [0.1, 0.15) is 25.7 Å². The monoisotopic (exact) mass is 372 g/mol. The average molecular weight is 372 g/mol. The Morgan fingerprint density at radius 1 is 1.19 bits per heavy atom. The van der Waals surface area contributed by atoms with E-state index in [1.807, 2.05) is 19.0 Å². The van der Waals surface area contributed by atoms with E-state index in [0.717, 1.165) is 32.2 Å². The van der Waals surface area contributed by atoms with Gasteiger partial charge in [-0.25, -0.2) is 4.79 Å². The highest BCUT2D eigenvalue weighted by molar-refractivity contribution is 5.78. The predicted octanol–water partition coefficient (Wildman–Crippen LogP) is 1.17. The van der Waals surface area contributed by atoms with Crippen LogP contribution >= 0.6 is 0 Å². The van der Waals surface area contributed by atoms with Crippen LogP contribution in [0, 0.1) is 11.8 Å². The maximum Gasteiger partial charge on any atom is 0.328 e. The second-order valence-corrected chi connectivity index (χ2v) is 7.70. The lowest BCUT2D eigenvalue weighted by molar-refractivity contribution is -0.126. The van der Waals surface area contributed by atoms with E-state index in [1.165, 1.54) is 4.57 Å². The number of hydrogen-bond acceptors (Lipinski definition) is 4. The molecule has 1 saturated carbocycles. The number of fused-ring (bicyclic) bond motifs is 1. The minimum absolute atomic E-state index is 0.0371. The summed E-state index contributed by atoms with van der Waals surface area (Å²) in [4.78, 5) is 42.0. The fourth-order valence-corrected chi connectivity index (χ4v) is 3.78. The van der Waals surface area contributed by atoms with Gasteiger partial charge in [-0.2, -0.15) is 0 Å². The van der Waals surface area contributed by atoms with Gasteiger partial charge in [-0.3, -0.25) is 14.2 Å². The molecule has 1 amide bonds. The number of aromatic nitrogens is 2. The molecule has 146 valence electrons. The Balaban J connectivity index is 1.60. The first-order valence-electron chi connectivity index (χ1n) is 9.60. The highest BCUT2D eigenvalue weighted by Crippen LogP contribution is 2.29. The number of amides is 1. The normalized spacial score (nSPS) is 20.1. The number of likely N-dealkylation sites (N-methyl/N-ethyl adjacent to an activating group) is 1. The summed E-state index contributed by atoms with van der Waals surface area (Å²) >= 11 is 0. The van der Waals surface area contributed by atoms with Crippen molar-refractivity contribution in [1.29, 1.82) is 0 Å². The lowest BCUT2D eigenvalue weighted by atomic mass is 9.81. The predicted molar refractivity (Wildman–Crippen MR) is 106 cm³/mol. The van der Waals surface area contributed by atoms with Gasteiger partial charge in [0.2, 0.25) is 5.91 Å². The zero-order chi connectivity index (χ0) is 19.4. The van der Waals surface area contributed by atoms with Crippen LogP contribution in [-0.4, -0.2) is 47.5 Å². The molecular weight excluding hydrogens is 344 g/mol. The number of carbonyl (C=O) groups is 1. The Hall–Kier alpha value is -2.41. The first kappa shape index (κ1) is 19.4. The summed E-state index contributed by atoms with van der Waals surface area (Å²) < 4.78 is 1.31. The van der Waals surface area contributed by atoms with Crippen LogP contribution in [0.3, 0.4) is 0 Å². The second-order valence-electron chi connectivity index (χ2n) is 7.70. The van der Waals surface area contributed by atoms with E-state index in [-0.39, 0.29) is 29.0 Å². The van der Waals surface area contributed by atoms with Gasteiger partial charge in [0.25, 0.3) is 5.56 Å². The highest BCUT2D eigenvalue weighted by Gasteiger charge is 2.27. The molecule has 7 nitrogen and oxygen atoms in total. The molecule has 0 unspecified atom stereocenters. The molecule has 1 aliphatic rings. The summed E-state index contributed by atoms with van der Waals surface area (Å²) in [5, 5.41) is 3.53. The number of aromatic amines is 1. The molecule has 0 atom stereocenters. The van der Waals surface area contributed by atoms with E-state index in [0.29, 0.717) is 24.0 Å². The van der Waals surface area contributed by atoms with Gasteiger partial charge in [0, 0.05) is 25.6 Å². The Morgan fingerprint density at radius 2 is 1.89 bits per heavy atom. The van der Waals surface area contributed by atoms with E-state index in [1.54, 1.807) is 24.3 Å². The molecule has 7 heteroatoms. The van der Waals surface area contributed by atoms with Gasteiger partial charge in [-0.1, -0.05) is 12.1 Å². The van der Waals surface area contributed by atoms with E-state index in [2.05, 4.69) is 10.3 Å². The molecule has 1 fully saturated rings. The SMILES string of the molecule is CN(C)CCNC(=O)C1CCC(Cn2c(=O)[nH]c3ccccc3c2=O)CC1. The van der Waals surface area contributed by atoms with Crippen LogP contribution in [0.4, 0.5) is 0 Å². The highest BCUT2D eigenvalue weighted by atomic mass is 16.2. The number of benzene rings is 1.